The van der Waals surface area contributed by atoms with Crippen LogP contribution in [0, 0.1) is 0 Å². The van der Waals surface area contributed by atoms with E-state index in [-0.39, 0.29) is 5.78 Å². The standard InChI is InChI=1S/C12H22O4.C5H10O.C3H6O/c1-12(14)6-4-9-16-11-5-10-15-8-3-2-7-13;1-2-3-4-5-6;1-2-3-4/h7H,2-6,8-11H2,1H3;5H,2-4H2,1H3;3H,2H2,1H3. The summed E-state index contributed by atoms with van der Waals surface area (Å²) in [6, 6.07) is 0. The van der Waals surface area contributed by atoms with Crippen molar-refractivity contribution in [1.29, 1.82) is 0 Å². The Morgan fingerprint density at radius 3 is 1.58 bits per heavy atom. The van der Waals surface area contributed by atoms with E-state index in [0.717, 1.165) is 57.4 Å². The van der Waals surface area contributed by atoms with Crippen LogP contribution in [-0.4, -0.2) is 51.1 Å². The first-order valence-corrected chi connectivity index (χ1v) is 9.56. The highest BCUT2D eigenvalue weighted by Gasteiger charge is 1.94. The average Bonchev–Trinajstić information content (AvgIpc) is 2.65. The van der Waals surface area contributed by atoms with E-state index in [1.54, 1.807) is 6.92 Å². The molecule has 0 aromatic heterocycles. The fraction of sp³-hybridized carbons (Fsp3) is 0.800. The van der Waals surface area contributed by atoms with Gasteiger partial charge in [0, 0.05) is 52.1 Å². The van der Waals surface area contributed by atoms with Crippen LogP contribution in [0.3, 0.4) is 0 Å². The molecular formula is C20H38O6. The molecule has 0 saturated carbocycles. The van der Waals surface area contributed by atoms with Gasteiger partial charge in [0.15, 0.2) is 0 Å². The van der Waals surface area contributed by atoms with E-state index in [1.165, 1.54) is 0 Å². The lowest BCUT2D eigenvalue weighted by molar-refractivity contribution is -0.117. The molecule has 154 valence electrons. The minimum Gasteiger partial charge on any atom is -0.381 e. The van der Waals surface area contributed by atoms with Crippen molar-refractivity contribution >= 4 is 24.6 Å². The number of hydrogen-bond donors (Lipinski definition) is 0. The molecule has 0 spiro atoms. The minimum atomic E-state index is 0.210. The van der Waals surface area contributed by atoms with Crippen molar-refractivity contribution in [2.75, 3.05) is 26.4 Å². The molecule has 0 aliphatic rings. The largest absolute Gasteiger partial charge is 0.381 e. The van der Waals surface area contributed by atoms with Gasteiger partial charge in [-0.15, -0.1) is 0 Å². The number of ether oxygens (including phenoxy) is 2. The molecule has 0 aliphatic carbocycles. The number of carbonyl (C=O) groups excluding carboxylic acids is 4. The van der Waals surface area contributed by atoms with Crippen molar-refractivity contribution < 1.29 is 28.7 Å². The van der Waals surface area contributed by atoms with Crippen LogP contribution in [0.4, 0.5) is 0 Å². The Kier molecular flexibility index (Phi) is 35.4. The van der Waals surface area contributed by atoms with Gasteiger partial charge in [-0.05, 0) is 32.6 Å². The quantitative estimate of drug-likeness (QED) is 0.302. The van der Waals surface area contributed by atoms with Gasteiger partial charge in [0.05, 0.1) is 0 Å². The summed E-state index contributed by atoms with van der Waals surface area (Å²) in [6.07, 6.45) is 9.91. The highest BCUT2D eigenvalue weighted by Crippen LogP contribution is 1.94. The Hall–Kier alpha value is -1.40. The molecule has 0 aliphatic heterocycles. The van der Waals surface area contributed by atoms with Crippen LogP contribution in [0.5, 0.6) is 0 Å². The third-order valence-corrected chi connectivity index (χ3v) is 2.85. The molecule has 0 amide bonds. The molecule has 0 rings (SSSR count). The minimum absolute atomic E-state index is 0.210. The second-order valence-electron chi connectivity index (χ2n) is 5.58. The van der Waals surface area contributed by atoms with Gasteiger partial charge in [-0.3, -0.25) is 0 Å². The summed E-state index contributed by atoms with van der Waals surface area (Å²) in [5.74, 6) is 0.210. The van der Waals surface area contributed by atoms with E-state index in [9.17, 15) is 19.2 Å². The number of rotatable bonds is 16. The van der Waals surface area contributed by atoms with E-state index < -0.39 is 0 Å². The first-order valence-electron chi connectivity index (χ1n) is 9.56. The Labute approximate surface area is 159 Å². The molecule has 0 unspecified atom stereocenters. The highest BCUT2D eigenvalue weighted by atomic mass is 16.5. The molecule has 0 aromatic carbocycles. The van der Waals surface area contributed by atoms with Gasteiger partial charge in [0.25, 0.3) is 0 Å². The summed E-state index contributed by atoms with van der Waals surface area (Å²) in [6.45, 7) is 8.11. The van der Waals surface area contributed by atoms with Crippen LogP contribution in [0.25, 0.3) is 0 Å². The third-order valence-electron chi connectivity index (χ3n) is 2.85. The summed E-state index contributed by atoms with van der Waals surface area (Å²) in [5.41, 5.74) is 0. The van der Waals surface area contributed by atoms with Gasteiger partial charge < -0.3 is 28.7 Å². The molecule has 0 radical (unpaired) electrons. The topological polar surface area (TPSA) is 86.7 Å². The first-order chi connectivity index (χ1) is 12.6. The van der Waals surface area contributed by atoms with Gasteiger partial charge in [0.2, 0.25) is 0 Å². The molecule has 0 heterocycles. The molecule has 0 bridgehead atoms. The van der Waals surface area contributed by atoms with E-state index in [0.29, 0.717) is 45.7 Å². The molecule has 0 atom stereocenters. The maximum Gasteiger partial charge on any atom is 0.129 e. The summed E-state index contributed by atoms with van der Waals surface area (Å²) in [7, 11) is 0. The van der Waals surface area contributed by atoms with Crippen LogP contribution in [0.1, 0.15) is 78.6 Å². The van der Waals surface area contributed by atoms with Crippen LogP contribution in [0.2, 0.25) is 0 Å². The fourth-order valence-electron chi connectivity index (χ4n) is 1.45. The number of Topliss-reactive ketones (excluding diaryl/α,β-unsaturated/α-hetero) is 1. The Morgan fingerprint density at radius 2 is 1.19 bits per heavy atom. The van der Waals surface area contributed by atoms with Gasteiger partial charge >= 0.3 is 0 Å². The summed E-state index contributed by atoms with van der Waals surface area (Å²) >= 11 is 0. The Morgan fingerprint density at radius 1 is 0.731 bits per heavy atom. The van der Waals surface area contributed by atoms with Crippen LogP contribution in [-0.2, 0) is 28.7 Å². The lowest BCUT2D eigenvalue weighted by atomic mass is 10.2. The molecule has 0 N–H and O–H groups in total. The number of ketones is 1. The number of hydrogen-bond acceptors (Lipinski definition) is 6. The molecule has 6 nitrogen and oxygen atoms in total. The monoisotopic (exact) mass is 374 g/mol. The van der Waals surface area contributed by atoms with E-state index in [2.05, 4.69) is 6.92 Å². The van der Waals surface area contributed by atoms with E-state index in [4.69, 9.17) is 9.47 Å². The zero-order chi connectivity index (χ0) is 20.3. The summed E-state index contributed by atoms with van der Waals surface area (Å²) in [4.78, 5) is 39.3. The number of carbonyl (C=O) groups is 4. The lowest BCUT2D eigenvalue weighted by Crippen LogP contribution is -2.04. The average molecular weight is 375 g/mol. The number of unbranched alkanes of at least 4 members (excludes halogenated alkanes) is 3. The van der Waals surface area contributed by atoms with Crippen LogP contribution in [0.15, 0.2) is 0 Å². The normalized spacial score (nSPS) is 9.19. The van der Waals surface area contributed by atoms with Gasteiger partial charge in [0.1, 0.15) is 24.6 Å². The smallest absolute Gasteiger partial charge is 0.129 e. The van der Waals surface area contributed by atoms with E-state index in [1.807, 2.05) is 6.92 Å². The molecule has 6 heteroatoms. The van der Waals surface area contributed by atoms with Gasteiger partial charge in [-0.25, -0.2) is 0 Å². The van der Waals surface area contributed by atoms with Crippen LogP contribution < -0.4 is 0 Å². The second-order valence-corrected chi connectivity index (χ2v) is 5.58. The predicted octanol–water partition coefficient (Wildman–Crippen LogP) is 3.73. The molecule has 0 fully saturated rings. The zero-order valence-electron chi connectivity index (χ0n) is 16.9. The zero-order valence-corrected chi connectivity index (χ0v) is 16.9. The Bertz CT molecular complexity index is 305. The fourth-order valence-corrected chi connectivity index (χ4v) is 1.45. The lowest BCUT2D eigenvalue weighted by Gasteiger charge is -2.04. The van der Waals surface area contributed by atoms with Crippen molar-refractivity contribution in [2.24, 2.45) is 0 Å². The predicted molar refractivity (Wildman–Crippen MR) is 103 cm³/mol. The molecule has 0 aromatic rings. The Balaban J connectivity index is -0.000000434. The van der Waals surface area contributed by atoms with Crippen molar-refractivity contribution in [3.8, 4) is 0 Å². The first kappa shape index (κ1) is 29.4. The highest BCUT2D eigenvalue weighted by molar-refractivity contribution is 5.75. The molecule has 26 heavy (non-hydrogen) atoms. The van der Waals surface area contributed by atoms with Crippen LogP contribution >= 0.6 is 0 Å². The second kappa shape index (κ2) is 31.4. The molecular weight excluding hydrogens is 336 g/mol. The molecule has 0 saturated heterocycles. The third kappa shape index (κ3) is 43.3. The summed E-state index contributed by atoms with van der Waals surface area (Å²) in [5, 5.41) is 0. The SMILES string of the molecule is CC(=O)CCCOCCCOCCCC=O.CCC=O.CCCCC=O. The summed E-state index contributed by atoms with van der Waals surface area (Å²) < 4.78 is 10.6. The van der Waals surface area contributed by atoms with Crippen molar-refractivity contribution in [3.63, 3.8) is 0 Å². The maximum atomic E-state index is 10.6. The van der Waals surface area contributed by atoms with Gasteiger partial charge in [-0.2, -0.15) is 0 Å². The maximum absolute atomic E-state index is 10.6. The van der Waals surface area contributed by atoms with Crippen molar-refractivity contribution in [2.45, 2.75) is 78.6 Å². The van der Waals surface area contributed by atoms with Crippen molar-refractivity contribution in [1.82, 2.24) is 0 Å². The van der Waals surface area contributed by atoms with Crippen molar-refractivity contribution in [3.05, 3.63) is 0 Å². The van der Waals surface area contributed by atoms with Gasteiger partial charge in [-0.1, -0.05) is 20.3 Å². The van der Waals surface area contributed by atoms with E-state index >= 15 is 0 Å². The number of aldehydes is 3.